The first-order chi connectivity index (χ1) is 10.6. The van der Waals surface area contributed by atoms with Gasteiger partial charge in [-0.25, -0.2) is 9.59 Å². The molecule has 1 N–H and O–H groups in total. The van der Waals surface area contributed by atoms with Crippen molar-refractivity contribution < 1.29 is 19.4 Å². The van der Waals surface area contributed by atoms with Crippen molar-refractivity contribution in [1.29, 1.82) is 0 Å². The number of carbonyl (C=O) groups is 2. The lowest BCUT2D eigenvalue weighted by atomic mass is 9.88. The molecule has 0 spiro atoms. The highest BCUT2D eigenvalue weighted by Crippen LogP contribution is 2.34. The van der Waals surface area contributed by atoms with Crippen molar-refractivity contribution in [3.63, 3.8) is 0 Å². The summed E-state index contributed by atoms with van der Waals surface area (Å²) < 4.78 is 6.50. The van der Waals surface area contributed by atoms with Gasteiger partial charge in [-0.15, -0.1) is 0 Å². The molecule has 1 fully saturated rings. The molecular weight excluding hydrogens is 409 g/mol. The van der Waals surface area contributed by atoms with Gasteiger partial charge in [0, 0.05) is 16.5 Å². The Hall–Kier alpha value is -1.31. The number of likely N-dealkylation sites (tertiary alicyclic amines) is 1. The number of ether oxygens (including phenoxy) is 1. The highest BCUT2D eigenvalue weighted by molar-refractivity contribution is 14.1. The summed E-state index contributed by atoms with van der Waals surface area (Å²) in [5.74, 6) is -0.973. The van der Waals surface area contributed by atoms with E-state index in [0.717, 1.165) is 9.13 Å². The lowest BCUT2D eigenvalue weighted by Crippen LogP contribution is -2.55. The Morgan fingerprint density at radius 1 is 1.30 bits per heavy atom. The number of carboxylic acids is 1. The van der Waals surface area contributed by atoms with E-state index >= 15 is 0 Å². The van der Waals surface area contributed by atoms with Gasteiger partial charge in [0.1, 0.15) is 11.1 Å². The minimum absolute atomic E-state index is 0.290. The molecule has 5 nitrogen and oxygen atoms in total. The molecule has 6 heteroatoms. The number of benzene rings is 1. The molecule has 126 valence electrons. The molecule has 1 aliphatic heterocycles. The molecule has 1 aliphatic rings. The van der Waals surface area contributed by atoms with Crippen molar-refractivity contribution in [3.05, 3.63) is 33.4 Å². The van der Waals surface area contributed by atoms with Crippen LogP contribution in [-0.4, -0.2) is 39.8 Å². The van der Waals surface area contributed by atoms with Crippen LogP contribution in [0.15, 0.2) is 24.3 Å². The van der Waals surface area contributed by atoms with Gasteiger partial charge in [-0.05, 0) is 73.9 Å². The maximum absolute atomic E-state index is 12.5. The molecular formula is C17H22INO4. The Labute approximate surface area is 150 Å². The molecule has 1 aromatic carbocycles. The van der Waals surface area contributed by atoms with Crippen LogP contribution in [0.3, 0.4) is 0 Å². The molecule has 1 aromatic rings. The van der Waals surface area contributed by atoms with Crippen LogP contribution in [0.25, 0.3) is 0 Å². The summed E-state index contributed by atoms with van der Waals surface area (Å²) in [5.41, 5.74) is -0.967. The zero-order valence-corrected chi connectivity index (χ0v) is 15.8. The van der Waals surface area contributed by atoms with E-state index in [1.54, 1.807) is 20.8 Å². The number of carboxylic acid groups (broad SMARTS) is 1. The molecule has 0 bridgehead atoms. The molecule has 1 atom stereocenters. The Balaban J connectivity index is 2.29. The lowest BCUT2D eigenvalue weighted by Gasteiger charge is -2.36. The second kappa shape index (κ2) is 6.67. The SMILES string of the molecule is CC(C)(C)OC(=O)N1CCC[C@]1(Cc1ccc(I)cc1)C(=O)O. The normalized spacial score (nSPS) is 21.3. The van der Waals surface area contributed by atoms with E-state index < -0.39 is 23.2 Å². The van der Waals surface area contributed by atoms with E-state index in [4.69, 9.17) is 4.74 Å². The van der Waals surface area contributed by atoms with Crippen LogP contribution in [0.4, 0.5) is 4.79 Å². The van der Waals surface area contributed by atoms with E-state index in [9.17, 15) is 14.7 Å². The fraction of sp³-hybridized carbons (Fsp3) is 0.529. The third-order valence-electron chi connectivity index (χ3n) is 3.91. The molecule has 1 saturated heterocycles. The topological polar surface area (TPSA) is 66.8 Å². The highest BCUT2D eigenvalue weighted by Gasteiger charge is 2.51. The predicted octanol–water partition coefficient (Wildman–Crippen LogP) is 3.69. The summed E-state index contributed by atoms with van der Waals surface area (Å²) in [6.45, 7) is 5.75. The van der Waals surface area contributed by atoms with Gasteiger partial charge in [-0.3, -0.25) is 4.90 Å². The van der Waals surface area contributed by atoms with Gasteiger partial charge in [0.25, 0.3) is 0 Å². The average molecular weight is 431 g/mol. The van der Waals surface area contributed by atoms with Gasteiger partial charge in [0.05, 0.1) is 0 Å². The summed E-state index contributed by atoms with van der Waals surface area (Å²) in [5, 5.41) is 9.85. The fourth-order valence-corrected chi connectivity index (χ4v) is 3.24. The monoisotopic (exact) mass is 431 g/mol. The number of aliphatic carboxylic acids is 1. The summed E-state index contributed by atoms with van der Waals surface area (Å²) in [6.07, 6.45) is 0.838. The second-order valence-corrected chi connectivity index (χ2v) is 8.12. The quantitative estimate of drug-likeness (QED) is 0.742. The number of nitrogens with zero attached hydrogens (tertiary/aromatic N) is 1. The van der Waals surface area contributed by atoms with Crippen LogP contribution in [-0.2, 0) is 16.0 Å². The van der Waals surface area contributed by atoms with E-state index in [1.807, 2.05) is 24.3 Å². The first-order valence-electron chi connectivity index (χ1n) is 7.62. The van der Waals surface area contributed by atoms with Crippen LogP contribution < -0.4 is 0 Å². The second-order valence-electron chi connectivity index (χ2n) is 6.88. The number of halogens is 1. The summed E-state index contributed by atoms with van der Waals surface area (Å²) in [4.78, 5) is 25.9. The molecule has 0 saturated carbocycles. The van der Waals surface area contributed by atoms with Crippen LogP contribution >= 0.6 is 22.6 Å². The summed E-state index contributed by atoms with van der Waals surface area (Å²) in [6, 6.07) is 7.71. The Bertz CT molecular complexity index is 594. The van der Waals surface area contributed by atoms with Crippen molar-refractivity contribution in [1.82, 2.24) is 4.90 Å². The zero-order chi connectivity index (χ0) is 17.3. The van der Waals surface area contributed by atoms with Crippen molar-refractivity contribution in [2.75, 3.05) is 6.54 Å². The van der Waals surface area contributed by atoms with Crippen molar-refractivity contribution in [3.8, 4) is 0 Å². The third kappa shape index (κ3) is 4.16. The largest absolute Gasteiger partial charge is 0.479 e. The van der Waals surface area contributed by atoms with Crippen LogP contribution in [0, 0.1) is 3.57 Å². The molecule has 2 rings (SSSR count). The van der Waals surface area contributed by atoms with E-state index in [2.05, 4.69) is 22.6 Å². The minimum Gasteiger partial charge on any atom is -0.479 e. The Morgan fingerprint density at radius 2 is 1.91 bits per heavy atom. The molecule has 0 aliphatic carbocycles. The minimum atomic E-state index is -1.23. The standard InChI is InChI=1S/C17H22INO4/c1-16(2,3)23-15(22)19-10-4-9-17(19,14(20)21)11-12-5-7-13(18)8-6-12/h5-8H,4,9-11H2,1-3H3,(H,20,21)/t17-/m0/s1. The molecule has 0 aromatic heterocycles. The van der Waals surface area contributed by atoms with Crippen molar-refractivity contribution in [2.24, 2.45) is 0 Å². The van der Waals surface area contributed by atoms with Gasteiger partial charge < -0.3 is 9.84 Å². The Morgan fingerprint density at radius 3 is 2.43 bits per heavy atom. The maximum atomic E-state index is 12.5. The summed E-state index contributed by atoms with van der Waals surface area (Å²) >= 11 is 2.21. The molecule has 0 radical (unpaired) electrons. The van der Waals surface area contributed by atoms with Crippen LogP contribution in [0.5, 0.6) is 0 Å². The first-order valence-corrected chi connectivity index (χ1v) is 8.70. The number of rotatable bonds is 3. The fourth-order valence-electron chi connectivity index (χ4n) is 2.88. The zero-order valence-electron chi connectivity index (χ0n) is 13.6. The van der Waals surface area contributed by atoms with Crippen LogP contribution in [0.2, 0.25) is 0 Å². The third-order valence-corrected chi connectivity index (χ3v) is 4.63. The van der Waals surface area contributed by atoms with E-state index in [0.29, 0.717) is 25.8 Å². The highest BCUT2D eigenvalue weighted by atomic mass is 127. The molecule has 0 unspecified atom stereocenters. The first kappa shape index (κ1) is 18.0. The predicted molar refractivity (Wildman–Crippen MR) is 95.4 cm³/mol. The molecule has 1 heterocycles. The van der Waals surface area contributed by atoms with Crippen molar-refractivity contribution >= 4 is 34.7 Å². The molecule has 23 heavy (non-hydrogen) atoms. The summed E-state index contributed by atoms with van der Waals surface area (Å²) in [7, 11) is 0. The Kier molecular flexibility index (Phi) is 5.23. The number of hydrogen-bond acceptors (Lipinski definition) is 3. The van der Waals surface area contributed by atoms with E-state index in [-0.39, 0.29) is 0 Å². The number of amides is 1. The van der Waals surface area contributed by atoms with E-state index in [1.165, 1.54) is 4.90 Å². The van der Waals surface area contributed by atoms with Gasteiger partial charge in [-0.1, -0.05) is 12.1 Å². The van der Waals surface area contributed by atoms with Gasteiger partial charge >= 0.3 is 12.1 Å². The van der Waals surface area contributed by atoms with Crippen LogP contribution in [0.1, 0.15) is 39.2 Å². The smallest absolute Gasteiger partial charge is 0.411 e. The average Bonchev–Trinajstić information content (AvgIpc) is 2.84. The van der Waals surface area contributed by atoms with Gasteiger partial charge in [-0.2, -0.15) is 0 Å². The number of carbonyl (C=O) groups excluding carboxylic acids is 1. The van der Waals surface area contributed by atoms with Crippen molar-refractivity contribution in [2.45, 2.75) is 51.2 Å². The van der Waals surface area contributed by atoms with Gasteiger partial charge in [0.2, 0.25) is 0 Å². The van der Waals surface area contributed by atoms with Gasteiger partial charge in [0.15, 0.2) is 0 Å². The molecule has 1 amide bonds. The lowest BCUT2D eigenvalue weighted by molar-refractivity contribution is -0.149. The maximum Gasteiger partial charge on any atom is 0.411 e. The number of hydrogen-bond donors (Lipinski definition) is 1.